The van der Waals surface area contributed by atoms with Crippen molar-refractivity contribution in [2.24, 2.45) is 5.92 Å². The van der Waals surface area contributed by atoms with Crippen LogP contribution in [0, 0.1) is 5.92 Å². The zero-order valence-corrected chi connectivity index (χ0v) is 10.4. The van der Waals surface area contributed by atoms with E-state index < -0.39 is 0 Å². The van der Waals surface area contributed by atoms with E-state index in [1.165, 1.54) is 12.1 Å². The summed E-state index contributed by atoms with van der Waals surface area (Å²) in [7, 11) is 0. The summed E-state index contributed by atoms with van der Waals surface area (Å²) in [5, 5.41) is 0. The average Bonchev–Trinajstić information content (AvgIpc) is 3.14. The SMILES string of the molecule is O=c1cccc2n1C[C@@H]1C[C@H]2CN(C[C@H]2CO2)C1. The first-order valence-electron chi connectivity index (χ1n) is 6.83. The Bertz CT molecular complexity index is 521. The van der Waals surface area contributed by atoms with E-state index in [4.69, 9.17) is 4.74 Å². The van der Waals surface area contributed by atoms with Crippen LogP contribution >= 0.6 is 0 Å². The molecule has 0 unspecified atom stereocenters. The maximum Gasteiger partial charge on any atom is 0.250 e. The number of rotatable bonds is 2. The molecule has 0 amide bonds. The number of fused-ring (bicyclic) bond motifs is 4. The summed E-state index contributed by atoms with van der Waals surface area (Å²) in [5.41, 5.74) is 1.40. The number of ether oxygens (including phenoxy) is 1. The number of hydrogen-bond acceptors (Lipinski definition) is 3. The van der Waals surface area contributed by atoms with Crippen LogP contribution in [-0.4, -0.2) is 41.8 Å². The number of nitrogens with zero attached hydrogens (tertiary/aromatic N) is 2. The number of hydrogen-bond donors (Lipinski definition) is 0. The molecule has 0 N–H and O–H groups in total. The molecule has 0 saturated carbocycles. The molecule has 3 atom stereocenters. The first kappa shape index (κ1) is 10.8. The molecule has 1 aromatic heterocycles. The molecule has 2 fully saturated rings. The summed E-state index contributed by atoms with van der Waals surface area (Å²) >= 11 is 0. The second-order valence-corrected chi connectivity index (χ2v) is 5.87. The lowest BCUT2D eigenvalue weighted by Crippen LogP contribution is -2.47. The van der Waals surface area contributed by atoms with Gasteiger partial charge in [-0.15, -0.1) is 0 Å². The molecule has 1 aromatic rings. The van der Waals surface area contributed by atoms with Gasteiger partial charge in [0.05, 0.1) is 12.7 Å². The molecule has 2 bridgehead atoms. The summed E-state index contributed by atoms with van der Waals surface area (Å²) < 4.78 is 7.31. The molecule has 0 radical (unpaired) electrons. The normalized spacial score (nSPS) is 34.1. The van der Waals surface area contributed by atoms with Gasteiger partial charge in [0.15, 0.2) is 0 Å². The molecular formula is C14H18N2O2. The summed E-state index contributed by atoms with van der Waals surface area (Å²) in [4.78, 5) is 14.4. The zero-order chi connectivity index (χ0) is 12.1. The molecule has 96 valence electrons. The Morgan fingerprint density at radius 1 is 1.28 bits per heavy atom. The zero-order valence-electron chi connectivity index (χ0n) is 10.4. The monoisotopic (exact) mass is 246 g/mol. The van der Waals surface area contributed by atoms with E-state index in [2.05, 4.69) is 11.0 Å². The fourth-order valence-electron chi connectivity index (χ4n) is 3.61. The van der Waals surface area contributed by atoms with Gasteiger partial charge >= 0.3 is 0 Å². The third kappa shape index (κ3) is 1.80. The largest absolute Gasteiger partial charge is 0.372 e. The number of likely N-dealkylation sites (tertiary alicyclic amines) is 1. The van der Waals surface area contributed by atoms with Crippen LogP contribution in [0.4, 0.5) is 0 Å². The van der Waals surface area contributed by atoms with Crippen LogP contribution in [0.25, 0.3) is 0 Å². The Morgan fingerprint density at radius 3 is 3.00 bits per heavy atom. The molecule has 18 heavy (non-hydrogen) atoms. The smallest absolute Gasteiger partial charge is 0.250 e. The first-order valence-corrected chi connectivity index (χ1v) is 6.83. The predicted molar refractivity (Wildman–Crippen MR) is 67.7 cm³/mol. The highest BCUT2D eigenvalue weighted by Crippen LogP contribution is 2.35. The van der Waals surface area contributed by atoms with E-state index in [1.807, 2.05) is 10.6 Å². The molecular weight excluding hydrogens is 228 g/mol. The van der Waals surface area contributed by atoms with Crippen molar-refractivity contribution >= 4 is 0 Å². The molecule has 4 heterocycles. The van der Waals surface area contributed by atoms with Gasteiger partial charge in [-0.1, -0.05) is 6.07 Å². The summed E-state index contributed by atoms with van der Waals surface area (Å²) in [6.45, 7) is 5.11. The van der Waals surface area contributed by atoms with Crippen LogP contribution in [0.15, 0.2) is 23.0 Å². The summed E-state index contributed by atoms with van der Waals surface area (Å²) in [6.07, 6.45) is 1.72. The lowest BCUT2D eigenvalue weighted by molar-refractivity contribution is 0.112. The highest BCUT2D eigenvalue weighted by atomic mass is 16.6. The van der Waals surface area contributed by atoms with Gasteiger partial charge in [0.2, 0.25) is 0 Å². The van der Waals surface area contributed by atoms with Gasteiger partial charge < -0.3 is 9.30 Å². The third-order valence-corrected chi connectivity index (χ3v) is 4.42. The van der Waals surface area contributed by atoms with Gasteiger partial charge in [0.1, 0.15) is 0 Å². The van der Waals surface area contributed by atoms with Crippen LogP contribution in [0.3, 0.4) is 0 Å². The highest BCUT2D eigenvalue weighted by molar-refractivity contribution is 5.17. The second kappa shape index (κ2) is 3.93. The topological polar surface area (TPSA) is 37.8 Å². The van der Waals surface area contributed by atoms with Crippen molar-refractivity contribution < 1.29 is 4.74 Å². The highest BCUT2D eigenvalue weighted by Gasteiger charge is 2.36. The van der Waals surface area contributed by atoms with E-state index in [0.717, 1.165) is 32.8 Å². The van der Waals surface area contributed by atoms with Crippen molar-refractivity contribution in [1.29, 1.82) is 0 Å². The molecule has 4 rings (SSSR count). The standard InChI is InChI=1S/C14H18N2O2/c17-14-3-1-2-13-11-4-10(6-16(13)14)5-15(7-11)8-12-9-18-12/h1-3,10-12H,4-9H2/t10-,11+,12+/m1/s1. The van der Waals surface area contributed by atoms with Crippen LogP contribution in [-0.2, 0) is 11.3 Å². The van der Waals surface area contributed by atoms with Gasteiger partial charge in [-0.25, -0.2) is 0 Å². The fraction of sp³-hybridized carbons (Fsp3) is 0.643. The minimum Gasteiger partial charge on any atom is -0.372 e. The van der Waals surface area contributed by atoms with Crippen molar-refractivity contribution in [2.45, 2.75) is 25.0 Å². The maximum absolute atomic E-state index is 11.9. The maximum atomic E-state index is 11.9. The molecule has 4 nitrogen and oxygen atoms in total. The molecule has 3 aliphatic rings. The number of aromatic nitrogens is 1. The minimum atomic E-state index is 0.168. The van der Waals surface area contributed by atoms with E-state index >= 15 is 0 Å². The van der Waals surface area contributed by atoms with Gasteiger partial charge in [-0.3, -0.25) is 9.69 Å². The molecule has 0 aromatic carbocycles. The molecule has 0 aliphatic carbocycles. The van der Waals surface area contributed by atoms with Crippen molar-refractivity contribution in [1.82, 2.24) is 9.47 Å². The Labute approximate surface area is 106 Å². The van der Waals surface area contributed by atoms with Crippen LogP contribution in [0.5, 0.6) is 0 Å². The Hall–Kier alpha value is -1.13. The number of piperidine rings is 1. The van der Waals surface area contributed by atoms with E-state index in [0.29, 0.717) is 17.9 Å². The molecule has 2 saturated heterocycles. The lowest BCUT2D eigenvalue weighted by atomic mass is 9.83. The third-order valence-electron chi connectivity index (χ3n) is 4.42. The van der Waals surface area contributed by atoms with Gasteiger partial charge in [0.25, 0.3) is 5.56 Å². The van der Waals surface area contributed by atoms with Gasteiger partial charge in [-0.2, -0.15) is 0 Å². The van der Waals surface area contributed by atoms with Crippen LogP contribution < -0.4 is 5.56 Å². The Kier molecular flexibility index (Phi) is 2.35. The van der Waals surface area contributed by atoms with E-state index in [9.17, 15) is 4.79 Å². The van der Waals surface area contributed by atoms with E-state index in [1.54, 1.807) is 6.07 Å². The van der Waals surface area contributed by atoms with E-state index in [-0.39, 0.29) is 5.56 Å². The second-order valence-electron chi connectivity index (χ2n) is 5.87. The average molecular weight is 246 g/mol. The predicted octanol–water partition coefficient (Wildman–Crippen LogP) is 0.666. The molecule has 3 aliphatic heterocycles. The first-order chi connectivity index (χ1) is 8.79. The Morgan fingerprint density at radius 2 is 2.17 bits per heavy atom. The van der Waals surface area contributed by atoms with Crippen molar-refractivity contribution in [3.05, 3.63) is 34.2 Å². The summed E-state index contributed by atoms with van der Waals surface area (Å²) in [5.74, 6) is 1.17. The lowest BCUT2D eigenvalue weighted by Gasteiger charge is -2.42. The van der Waals surface area contributed by atoms with Crippen molar-refractivity contribution in [2.75, 3.05) is 26.2 Å². The number of pyridine rings is 1. The minimum absolute atomic E-state index is 0.168. The quantitative estimate of drug-likeness (QED) is 0.720. The molecule has 4 heteroatoms. The number of epoxide rings is 1. The Balaban J connectivity index is 1.63. The van der Waals surface area contributed by atoms with Gasteiger partial charge in [-0.05, 0) is 18.4 Å². The van der Waals surface area contributed by atoms with Crippen LogP contribution in [0.1, 0.15) is 18.0 Å². The van der Waals surface area contributed by atoms with Crippen LogP contribution in [0.2, 0.25) is 0 Å². The van der Waals surface area contributed by atoms with Gasteiger partial charge in [0, 0.05) is 43.9 Å². The molecule has 0 spiro atoms. The fourth-order valence-corrected chi connectivity index (χ4v) is 3.61. The summed E-state index contributed by atoms with van der Waals surface area (Å²) in [6, 6.07) is 5.71. The van der Waals surface area contributed by atoms with Crippen molar-refractivity contribution in [3.8, 4) is 0 Å². The van der Waals surface area contributed by atoms with Crippen molar-refractivity contribution in [3.63, 3.8) is 0 Å².